The lowest BCUT2D eigenvalue weighted by atomic mass is 9.96. The smallest absolute Gasteiger partial charge is 0.338 e. The highest BCUT2D eigenvalue weighted by Crippen LogP contribution is 2.32. The zero-order valence-electron chi connectivity index (χ0n) is 16.8. The van der Waals surface area contributed by atoms with Crippen molar-refractivity contribution in [3.05, 3.63) is 82.7 Å². The summed E-state index contributed by atoms with van der Waals surface area (Å²) in [6, 6.07) is 7.05. The minimum atomic E-state index is -0.644. The summed E-state index contributed by atoms with van der Waals surface area (Å²) in [6.45, 7) is 3.67. The third-order valence-corrected chi connectivity index (χ3v) is 6.67. The number of hydrogen-bond donors (Lipinski definition) is 0. The number of aryl methyl sites for hydroxylation is 1. The summed E-state index contributed by atoms with van der Waals surface area (Å²) in [5.41, 5.74) is 3.20. The monoisotopic (exact) mass is 486 g/mol. The average Bonchev–Trinajstić information content (AvgIpc) is 3.21. The van der Waals surface area contributed by atoms with E-state index in [0.29, 0.717) is 20.6 Å². The molecule has 0 unspecified atom stereocenters. The molecule has 30 heavy (non-hydrogen) atoms. The van der Waals surface area contributed by atoms with Gasteiger partial charge in [0, 0.05) is 22.8 Å². The molecule has 1 aliphatic rings. The highest BCUT2D eigenvalue weighted by atomic mass is 79.9. The molecule has 0 N–H and O–H groups in total. The maximum Gasteiger partial charge on any atom is 0.338 e. The Morgan fingerprint density at radius 3 is 2.57 bits per heavy atom. The molecule has 3 heterocycles. The summed E-state index contributed by atoms with van der Waals surface area (Å²) in [5, 5.41) is 4.31. The van der Waals surface area contributed by atoms with Crippen LogP contribution in [-0.4, -0.2) is 27.4 Å². The fourth-order valence-electron chi connectivity index (χ4n) is 3.48. The van der Waals surface area contributed by atoms with Crippen molar-refractivity contribution in [1.82, 2.24) is 14.3 Å². The molecule has 0 spiro atoms. The summed E-state index contributed by atoms with van der Waals surface area (Å²) >= 11 is 4.72. The minimum absolute atomic E-state index is 0.205. The van der Waals surface area contributed by atoms with Crippen molar-refractivity contribution in [2.24, 2.45) is 12.0 Å². The first kappa shape index (κ1) is 20.5. The summed E-state index contributed by atoms with van der Waals surface area (Å²) in [6.07, 6.45) is 3.52. The number of benzene rings is 1. The fraction of sp³-hybridized carbons (Fsp3) is 0.238. The molecule has 9 heteroatoms. The Labute approximate surface area is 184 Å². The second kappa shape index (κ2) is 7.81. The Morgan fingerprint density at radius 2 is 1.97 bits per heavy atom. The van der Waals surface area contributed by atoms with Crippen molar-refractivity contribution in [3.8, 4) is 0 Å². The van der Waals surface area contributed by atoms with Gasteiger partial charge in [0.1, 0.15) is 6.04 Å². The summed E-state index contributed by atoms with van der Waals surface area (Å²) < 4.78 is 9.81. The molecular weight excluding hydrogens is 468 g/mol. The van der Waals surface area contributed by atoms with E-state index in [-0.39, 0.29) is 5.56 Å². The van der Waals surface area contributed by atoms with Crippen LogP contribution >= 0.6 is 27.3 Å². The van der Waals surface area contributed by atoms with Crippen LogP contribution in [0.4, 0.5) is 0 Å². The molecule has 0 saturated carbocycles. The van der Waals surface area contributed by atoms with E-state index >= 15 is 0 Å². The van der Waals surface area contributed by atoms with Gasteiger partial charge < -0.3 is 4.74 Å². The van der Waals surface area contributed by atoms with Crippen LogP contribution < -0.4 is 14.9 Å². The van der Waals surface area contributed by atoms with Crippen LogP contribution in [0.1, 0.15) is 29.8 Å². The molecule has 4 rings (SSSR count). The number of ether oxygens (including phenoxy) is 1. The molecule has 0 fully saturated rings. The van der Waals surface area contributed by atoms with Crippen LogP contribution in [0.5, 0.6) is 0 Å². The molecule has 0 bridgehead atoms. The standard InChI is InChI=1S/C21H19BrN4O3S/c1-11-17(20(28)29-4)18(15-10-23-25(3)12(15)2)26-19(27)16(30-21(26)24-11)9-13-5-7-14(22)8-6-13/h5-10,18H,1-4H3/b16-9+/t18-/m1/s1. The van der Waals surface area contributed by atoms with Crippen molar-refractivity contribution in [2.45, 2.75) is 19.9 Å². The molecule has 3 aromatic rings. The number of carbonyl (C=O) groups excluding carboxylic acids is 1. The third kappa shape index (κ3) is 3.37. The Morgan fingerprint density at radius 1 is 1.27 bits per heavy atom. The van der Waals surface area contributed by atoms with Gasteiger partial charge in [0.25, 0.3) is 5.56 Å². The zero-order valence-corrected chi connectivity index (χ0v) is 19.2. The van der Waals surface area contributed by atoms with Gasteiger partial charge in [-0.05, 0) is 37.6 Å². The normalized spacial score (nSPS) is 16.4. The molecule has 7 nitrogen and oxygen atoms in total. The molecule has 2 aromatic heterocycles. The Balaban J connectivity index is 1.99. The highest BCUT2D eigenvalue weighted by Gasteiger charge is 2.34. The van der Waals surface area contributed by atoms with Crippen LogP contribution in [0.25, 0.3) is 6.08 Å². The van der Waals surface area contributed by atoms with E-state index in [1.807, 2.05) is 44.3 Å². The number of nitrogens with zero attached hydrogens (tertiary/aromatic N) is 4. The number of rotatable bonds is 3. The average molecular weight is 487 g/mol. The third-order valence-electron chi connectivity index (χ3n) is 5.16. The van der Waals surface area contributed by atoms with Crippen molar-refractivity contribution in [3.63, 3.8) is 0 Å². The molecule has 0 amide bonds. The van der Waals surface area contributed by atoms with Crippen LogP contribution in [0.15, 0.2) is 56.0 Å². The lowest BCUT2D eigenvalue weighted by Crippen LogP contribution is -2.40. The first-order valence-electron chi connectivity index (χ1n) is 9.16. The van der Waals surface area contributed by atoms with Gasteiger partial charge in [0.05, 0.1) is 29.1 Å². The summed E-state index contributed by atoms with van der Waals surface area (Å²) in [4.78, 5) is 31.2. The number of halogens is 1. The van der Waals surface area contributed by atoms with Gasteiger partial charge in [-0.15, -0.1) is 0 Å². The molecule has 0 aliphatic carbocycles. The van der Waals surface area contributed by atoms with Crippen LogP contribution in [-0.2, 0) is 16.6 Å². The lowest BCUT2D eigenvalue weighted by molar-refractivity contribution is -0.136. The number of methoxy groups -OCH3 is 1. The highest BCUT2D eigenvalue weighted by molar-refractivity contribution is 9.10. The van der Waals surface area contributed by atoms with Gasteiger partial charge >= 0.3 is 5.97 Å². The van der Waals surface area contributed by atoms with Crippen molar-refractivity contribution < 1.29 is 9.53 Å². The largest absolute Gasteiger partial charge is 0.466 e. The first-order valence-corrected chi connectivity index (χ1v) is 10.8. The van der Waals surface area contributed by atoms with Gasteiger partial charge in [-0.25, -0.2) is 9.79 Å². The first-order chi connectivity index (χ1) is 14.3. The van der Waals surface area contributed by atoms with E-state index in [0.717, 1.165) is 21.3 Å². The topological polar surface area (TPSA) is 78.5 Å². The van der Waals surface area contributed by atoms with Gasteiger partial charge in [0.2, 0.25) is 0 Å². The Hall–Kier alpha value is -2.78. The quantitative estimate of drug-likeness (QED) is 0.531. The molecule has 154 valence electrons. The Kier molecular flexibility index (Phi) is 5.33. The van der Waals surface area contributed by atoms with Crippen LogP contribution in [0, 0.1) is 6.92 Å². The second-order valence-electron chi connectivity index (χ2n) is 6.93. The number of carbonyl (C=O) groups is 1. The molecule has 0 saturated heterocycles. The number of aromatic nitrogens is 3. The van der Waals surface area contributed by atoms with Gasteiger partial charge in [-0.3, -0.25) is 14.0 Å². The molecule has 1 aliphatic heterocycles. The predicted molar refractivity (Wildman–Crippen MR) is 118 cm³/mol. The van der Waals surface area contributed by atoms with Gasteiger partial charge in [-0.2, -0.15) is 5.10 Å². The zero-order chi connectivity index (χ0) is 21.6. The maximum atomic E-state index is 13.4. The lowest BCUT2D eigenvalue weighted by Gasteiger charge is -2.23. The fourth-order valence-corrected chi connectivity index (χ4v) is 4.79. The summed E-state index contributed by atoms with van der Waals surface area (Å²) in [5.74, 6) is -0.508. The molecule has 1 atom stereocenters. The van der Waals surface area contributed by atoms with Gasteiger partial charge in [-0.1, -0.05) is 39.4 Å². The SMILES string of the molecule is COC(=O)C1=C(C)N=c2s/c(=C/c3ccc(Br)cc3)c(=O)n2[C@@H]1c1cnn(C)c1C. The number of hydrogen-bond acceptors (Lipinski definition) is 6. The molecular formula is C21H19BrN4O3S. The number of fused-ring (bicyclic) bond motifs is 1. The van der Waals surface area contributed by atoms with Crippen molar-refractivity contribution in [2.75, 3.05) is 7.11 Å². The Bertz CT molecular complexity index is 1360. The van der Waals surface area contributed by atoms with Gasteiger partial charge in [0.15, 0.2) is 4.80 Å². The van der Waals surface area contributed by atoms with E-state index in [1.165, 1.54) is 18.4 Å². The summed E-state index contributed by atoms with van der Waals surface area (Å²) in [7, 11) is 3.15. The van der Waals surface area contributed by atoms with Crippen molar-refractivity contribution in [1.29, 1.82) is 0 Å². The number of thiazole rings is 1. The van der Waals surface area contributed by atoms with E-state index in [9.17, 15) is 9.59 Å². The number of allylic oxidation sites excluding steroid dienone is 1. The number of esters is 1. The van der Waals surface area contributed by atoms with E-state index in [4.69, 9.17) is 4.74 Å². The van der Waals surface area contributed by atoms with Crippen molar-refractivity contribution >= 4 is 39.3 Å². The van der Waals surface area contributed by atoms with E-state index < -0.39 is 12.0 Å². The minimum Gasteiger partial charge on any atom is -0.466 e. The van der Waals surface area contributed by atoms with Crippen LogP contribution in [0.2, 0.25) is 0 Å². The predicted octanol–water partition coefficient (Wildman–Crippen LogP) is 2.21. The second-order valence-corrected chi connectivity index (χ2v) is 8.86. The maximum absolute atomic E-state index is 13.4. The van der Waals surface area contributed by atoms with E-state index in [2.05, 4.69) is 26.0 Å². The molecule has 1 aromatic carbocycles. The molecule has 0 radical (unpaired) electrons. The van der Waals surface area contributed by atoms with Crippen LogP contribution in [0.3, 0.4) is 0 Å². The van der Waals surface area contributed by atoms with E-state index in [1.54, 1.807) is 22.4 Å².